The van der Waals surface area contributed by atoms with Gasteiger partial charge in [0.05, 0.1) is 6.61 Å². The first-order valence-electron chi connectivity index (χ1n) is 8.49. The summed E-state index contributed by atoms with van der Waals surface area (Å²) in [4.78, 5) is 24.4. The summed E-state index contributed by atoms with van der Waals surface area (Å²) in [6, 6.07) is 17.5. The van der Waals surface area contributed by atoms with Crippen LogP contribution in [0.1, 0.15) is 23.0 Å². The number of carbonyl (C=O) groups is 1. The molecule has 0 aliphatic heterocycles. The Kier molecular flexibility index (Phi) is 5.89. The largest absolute Gasteiger partial charge is 0.494 e. The molecule has 6 heteroatoms. The van der Waals surface area contributed by atoms with E-state index < -0.39 is 11.3 Å². The Balaban J connectivity index is 1.63. The molecule has 1 heterocycles. The van der Waals surface area contributed by atoms with Crippen molar-refractivity contribution in [3.8, 4) is 11.5 Å². The highest BCUT2D eigenvalue weighted by Gasteiger charge is 2.12. The average Bonchev–Trinajstić information content (AvgIpc) is 2.69. The van der Waals surface area contributed by atoms with Crippen LogP contribution in [0.2, 0.25) is 0 Å². The van der Waals surface area contributed by atoms with Crippen molar-refractivity contribution in [3.63, 3.8) is 0 Å². The van der Waals surface area contributed by atoms with Crippen LogP contribution in [0, 0.1) is 0 Å². The lowest BCUT2D eigenvalue weighted by Gasteiger charge is -2.08. The maximum absolute atomic E-state index is 12.3. The smallest absolute Gasteiger partial charge is 0.291 e. The van der Waals surface area contributed by atoms with E-state index >= 15 is 0 Å². The van der Waals surface area contributed by atoms with Gasteiger partial charge in [-0.05, 0) is 36.8 Å². The Morgan fingerprint density at radius 2 is 1.78 bits per heavy atom. The van der Waals surface area contributed by atoms with Crippen LogP contribution in [0.25, 0.3) is 0 Å². The van der Waals surface area contributed by atoms with Gasteiger partial charge >= 0.3 is 0 Å². The number of benzene rings is 2. The van der Waals surface area contributed by atoms with Gasteiger partial charge in [-0.1, -0.05) is 30.3 Å². The lowest BCUT2D eigenvalue weighted by molar-refractivity contribution is 0.0993. The summed E-state index contributed by atoms with van der Waals surface area (Å²) >= 11 is 0. The first-order valence-corrected chi connectivity index (χ1v) is 8.49. The maximum Gasteiger partial charge on any atom is 0.291 e. The molecule has 3 aromatic rings. The summed E-state index contributed by atoms with van der Waals surface area (Å²) in [5.74, 6) is 0.144. The predicted molar refractivity (Wildman–Crippen MR) is 101 cm³/mol. The molecule has 1 N–H and O–H groups in total. The molecule has 0 bridgehead atoms. The van der Waals surface area contributed by atoms with E-state index in [9.17, 15) is 9.59 Å². The Morgan fingerprint density at radius 1 is 1.04 bits per heavy atom. The number of ether oxygens (including phenoxy) is 2. The first-order chi connectivity index (χ1) is 13.2. The third-order valence-electron chi connectivity index (χ3n) is 3.68. The zero-order valence-electron chi connectivity index (χ0n) is 14.8. The van der Waals surface area contributed by atoms with Crippen LogP contribution in [0.4, 0.5) is 5.69 Å². The summed E-state index contributed by atoms with van der Waals surface area (Å²) < 4.78 is 16.1. The monoisotopic (exact) mass is 365 g/mol. The first kappa shape index (κ1) is 18.3. The van der Waals surface area contributed by atoms with Gasteiger partial charge in [-0.25, -0.2) is 0 Å². The molecule has 0 spiro atoms. The summed E-state index contributed by atoms with van der Waals surface area (Å²) in [6.45, 7) is 2.70. The summed E-state index contributed by atoms with van der Waals surface area (Å²) in [5.41, 5.74) is 1.07. The molecule has 0 saturated heterocycles. The van der Waals surface area contributed by atoms with Crippen LogP contribution in [-0.4, -0.2) is 12.5 Å². The van der Waals surface area contributed by atoms with Gasteiger partial charge in [0, 0.05) is 11.8 Å². The quantitative estimate of drug-likeness (QED) is 0.688. The molecule has 3 rings (SSSR count). The van der Waals surface area contributed by atoms with Crippen molar-refractivity contribution in [2.45, 2.75) is 13.5 Å². The standard InChI is InChI=1S/C21H19NO5/c1-2-25-17-10-8-16(9-11-17)22-21(24)19-12-18(23)20(14-27-19)26-13-15-6-4-3-5-7-15/h3-12,14H,2,13H2,1H3,(H,22,24). The number of carbonyl (C=O) groups excluding carboxylic acids is 1. The molecule has 1 aromatic heterocycles. The van der Waals surface area contributed by atoms with Crippen LogP contribution in [-0.2, 0) is 6.61 Å². The van der Waals surface area contributed by atoms with E-state index in [4.69, 9.17) is 13.9 Å². The highest BCUT2D eigenvalue weighted by atomic mass is 16.5. The SMILES string of the molecule is CCOc1ccc(NC(=O)c2cc(=O)c(OCc3ccccc3)co2)cc1. The van der Waals surface area contributed by atoms with Gasteiger partial charge in [0.1, 0.15) is 18.6 Å². The van der Waals surface area contributed by atoms with Crippen molar-refractivity contribution in [1.29, 1.82) is 0 Å². The highest BCUT2D eigenvalue weighted by Crippen LogP contribution is 2.17. The molecular formula is C21H19NO5. The molecule has 0 fully saturated rings. The van der Waals surface area contributed by atoms with E-state index in [0.29, 0.717) is 18.0 Å². The number of hydrogen-bond acceptors (Lipinski definition) is 5. The molecule has 0 atom stereocenters. The van der Waals surface area contributed by atoms with Gasteiger partial charge in [-0.2, -0.15) is 0 Å². The number of anilines is 1. The van der Waals surface area contributed by atoms with Gasteiger partial charge in [0.25, 0.3) is 5.91 Å². The van der Waals surface area contributed by atoms with Crippen molar-refractivity contribution >= 4 is 11.6 Å². The van der Waals surface area contributed by atoms with Crippen LogP contribution >= 0.6 is 0 Å². The molecule has 2 aromatic carbocycles. The van der Waals surface area contributed by atoms with Gasteiger partial charge in [-0.15, -0.1) is 0 Å². The van der Waals surface area contributed by atoms with Crippen molar-refractivity contribution in [1.82, 2.24) is 0 Å². The van der Waals surface area contributed by atoms with Gasteiger partial charge in [0.15, 0.2) is 5.76 Å². The molecule has 0 aliphatic carbocycles. The minimum absolute atomic E-state index is 0.0523. The maximum atomic E-state index is 12.3. The second-order valence-electron chi connectivity index (χ2n) is 5.66. The number of hydrogen-bond donors (Lipinski definition) is 1. The van der Waals surface area contributed by atoms with E-state index in [1.807, 2.05) is 37.3 Å². The third kappa shape index (κ3) is 4.98. The number of rotatable bonds is 7. The second-order valence-corrected chi connectivity index (χ2v) is 5.66. The lowest BCUT2D eigenvalue weighted by Crippen LogP contribution is -2.15. The molecule has 6 nitrogen and oxygen atoms in total. The topological polar surface area (TPSA) is 77.8 Å². The Hall–Kier alpha value is -3.54. The van der Waals surface area contributed by atoms with E-state index in [1.165, 1.54) is 0 Å². The molecular weight excluding hydrogens is 346 g/mol. The zero-order chi connectivity index (χ0) is 19.1. The number of amides is 1. The van der Waals surface area contributed by atoms with Gasteiger partial charge in [-0.3, -0.25) is 9.59 Å². The van der Waals surface area contributed by atoms with E-state index in [2.05, 4.69) is 5.32 Å². The summed E-state index contributed by atoms with van der Waals surface area (Å²) in [6.07, 6.45) is 1.15. The van der Waals surface area contributed by atoms with Crippen LogP contribution < -0.4 is 20.2 Å². The molecule has 27 heavy (non-hydrogen) atoms. The molecule has 0 radical (unpaired) electrons. The van der Waals surface area contributed by atoms with Crippen molar-refractivity contribution < 1.29 is 18.7 Å². The van der Waals surface area contributed by atoms with Gasteiger partial charge in [0.2, 0.25) is 11.2 Å². The Morgan fingerprint density at radius 3 is 2.44 bits per heavy atom. The van der Waals surface area contributed by atoms with E-state index in [0.717, 1.165) is 17.9 Å². The highest BCUT2D eigenvalue weighted by molar-refractivity contribution is 6.02. The van der Waals surface area contributed by atoms with E-state index in [-0.39, 0.29) is 18.1 Å². The fourth-order valence-corrected chi connectivity index (χ4v) is 2.35. The minimum atomic E-state index is -0.522. The lowest BCUT2D eigenvalue weighted by atomic mass is 10.2. The van der Waals surface area contributed by atoms with Gasteiger partial charge < -0.3 is 19.2 Å². The second kappa shape index (κ2) is 8.71. The van der Waals surface area contributed by atoms with Crippen molar-refractivity contribution in [2.24, 2.45) is 0 Å². The molecule has 0 aliphatic rings. The van der Waals surface area contributed by atoms with Crippen molar-refractivity contribution in [3.05, 3.63) is 88.5 Å². The number of nitrogens with one attached hydrogen (secondary N) is 1. The fourth-order valence-electron chi connectivity index (χ4n) is 2.35. The third-order valence-corrected chi connectivity index (χ3v) is 3.68. The van der Waals surface area contributed by atoms with Crippen LogP contribution in [0.15, 0.2) is 76.1 Å². The van der Waals surface area contributed by atoms with E-state index in [1.54, 1.807) is 24.3 Å². The fraction of sp³-hybridized carbons (Fsp3) is 0.143. The van der Waals surface area contributed by atoms with Crippen LogP contribution in [0.5, 0.6) is 11.5 Å². The molecule has 1 amide bonds. The summed E-state index contributed by atoms with van der Waals surface area (Å²) in [5, 5.41) is 2.66. The van der Waals surface area contributed by atoms with Crippen molar-refractivity contribution in [2.75, 3.05) is 11.9 Å². The van der Waals surface area contributed by atoms with Crippen LogP contribution in [0.3, 0.4) is 0 Å². The Labute approximate surface area is 156 Å². The Bertz CT molecular complexity index is 948. The molecule has 0 unspecified atom stereocenters. The average molecular weight is 365 g/mol. The minimum Gasteiger partial charge on any atom is -0.494 e. The summed E-state index contributed by atoms with van der Waals surface area (Å²) in [7, 11) is 0. The molecule has 138 valence electrons. The zero-order valence-corrected chi connectivity index (χ0v) is 14.8. The normalized spacial score (nSPS) is 10.3. The predicted octanol–water partition coefficient (Wildman–Crippen LogP) is 3.87. The molecule has 0 saturated carbocycles.